The fraction of sp³-hybridized carbons (Fsp3) is 0.500. The van der Waals surface area contributed by atoms with E-state index in [-0.39, 0.29) is 35.6 Å². The lowest BCUT2D eigenvalue weighted by Gasteiger charge is -2.36. The van der Waals surface area contributed by atoms with Gasteiger partial charge in [0.05, 0.1) is 20.1 Å². The van der Waals surface area contributed by atoms with Crippen molar-refractivity contribution >= 4 is 15.9 Å². The minimum Gasteiger partial charge on any atom is -0.497 e. The number of methoxy groups -OCH3 is 2. The summed E-state index contributed by atoms with van der Waals surface area (Å²) in [5.74, 6) is 1.36. The molecule has 0 atom stereocenters. The average molecular weight is 424 g/mol. The van der Waals surface area contributed by atoms with Crippen molar-refractivity contribution < 1.29 is 27.2 Å². The maximum absolute atomic E-state index is 13.0. The van der Waals surface area contributed by atoms with Crippen LogP contribution in [0.4, 0.5) is 0 Å². The molecule has 29 heavy (non-hydrogen) atoms. The first-order valence-corrected chi connectivity index (χ1v) is 10.5. The number of hydrogen-bond donors (Lipinski definition) is 0. The highest BCUT2D eigenvalue weighted by Gasteiger charge is 2.41. The Morgan fingerprint density at radius 2 is 2.03 bits per heavy atom. The van der Waals surface area contributed by atoms with Crippen molar-refractivity contribution in [3.63, 3.8) is 0 Å². The third-order valence-corrected chi connectivity index (χ3v) is 6.73. The quantitative estimate of drug-likeness (QED) is 0.614. The number of likely N-dealkylation sites (N-methyl/N-ethyl adjacent to an activating group) is 1. The number of amides is 1. The Morgan fingerprint density at radius 3 is 2.66 bits per heavy atom. The molecule has 1 amide bonds. The van der Waals surface area contributed by atoms with Gasteiger partial charge in [0.25, 0.3) is 0 Å². The highest BCUT2D eigenvalue weighted by Crippen LogP contribution is 2.36. The van der Waals surface area contributed by atoms with Crippen molar-refractivity contribution in [2.45, 2.75) is 24.2 Å². The van der Waals surface area contributed by atoms with Crippen LogP contribution in [0.1, 0.15) is 24.6 Å². The average Bonchev–Trinajstić information content (AvgIpc) is 3.12. The normalized spacial score (nSPS) is 15.0. The van der Waals surface area contributed by atoms with Crippen molar-refractivity contribution in [3.8, 4) is 11.5 Å². The molecule has 0 spiro atoms. The van der Waals surface area contributed by atoms with Crippen molar-refractivity contribution in [3.05, 3.63) is 29.9 Å². The zero-order valence-electron chi connectivity index (χ0n) is 16.8. The number of aromatic nitrogens is 2. The number of nitrogens with zero attached hydrogens (tertiary/aromatic N) is 4. The summed E-state index contributed by atoms with van der Waals surface area (Å²) in [7, 11) is 0.842. The molecule has 11 heteroatoms. The molecule has 0 N–H and O–H groups in total. The molecule has 0 unspecified atom stereocenters. The number of carbonyl (C=O) groups is 1. The highest BCUT2D eigenvalue weighted by atomic mass is 32.2. The van der Waals surface area contributed by atoms with E-state index < -0.39 is 10.0 Å². The minimum atomic E-state index is -3.75. The van der Waals surface area contributed by atoms with Crippen LogP contribution in [-0.4, -0.2) is 74.6 Å². The molecule has 2 heterocycles. The van der Waals surface area contributed by atoms with Gasteiger partial charge in [0.15, 0.2) is 5.82 Å². The molecular formula is C18H24N4O6S. The van der Waals surface area contributed by atoms with E-state index in [1.807, 2.05) is 0 Å². The second-order valence-electron chi connectivity index (χ2n) is 6.78. The fourth-order valence-corrected chi connectivity index (χ4v) is 4.58. The van der Waals surface area contributed by atoms with E-state index in [1.54, 1.807) is 24.1 Å². The van der Waals surface area contributed by atoms with Crippen molar-refractivity contribution in [2.75, 3.05) is 40.9 Å². The molecule has 2 aromatic rings. The summed E-state index contributed by atoms with van der Waals surface area (Å²) >= 11 is 0. The van der Waals surface area contributed by atoms with E-state index in [1.165, 1.54) is 31.5 Å². The second-order valence-corrected chi connectivity index (χ2v) is 8.68. The molecule has 1 aromatic carbocycles. The van der Waals surface area contributed by atoms with Gasteiger partial charge in [0.1, 0.15) is 16.4 Å². The molecule has 3 rings (SSSR count). The van der Waals surface area contributed by atoms with E-state index in [4.69, 9.17) is 14.0 Å². The zero-order chi connectivity index (χ0) is 21.2. The van der Waals surface area contributed by atoms with Gasteiger partial charge < -0.3 is 18.9 Å². The van der Waals surface area contributed by atoms with Crippen molar-refractivity contribution in [1.82, 2.24) is 19.3 Å². The largest absolute Gasteiger partial charge is 0.497 e. The van der Waals surface area contributed by atoms with Crippen LogP contribution in [0.3, 0.4) is 0 Å². The topological polar surface area (TPSA) is 115 Å². The number of ether oxygens (including phenoxy) is 2. The smallest absolute Gasteiger partial charge is 0.246 e. The van der Waals surface area contributed by atoms with Crippen LogP contribution in [0.15, 0.2) is 27.6 Å². The third kappa shape index (κ3) is 4.35. The molecule has 1 aliphatic rings. The van der Waals surface area contributed by atoms with E-state index in [9.17, 15) is 13.2 Å². The minimum absolute atomic E-state index is 0.0402. The number of carbonyl (C=O) groups excluding carboxylic acids is 1. The Morgan fingerprint density at radius 1 is 1.31 bits per heavy atom. The fourth-order valence-electron chi connectivity index (χ4n) is 2.88. The van der Waals surface area contributed by atoms with Crippen LogP contribution >= 0.6 is 0 Å². The maximum atomic E-state index is 13.0. The summed E-state index contributed by atoms with van der Waals surface area (Å²) in [6.45, 7) is 2.44. The SMILES string of the molecule is COc1ccc(OC)c(S(=O)(=O)N2CC(c3nc(CCN(C)C(C)=O)no3)C2)c1. The van der Waals surface area contributed by atoms with Crippen LogP contribution < -0.4 is 9.47 Å². The predicted octanol–water partition coefficient (Wildman–Crippen LogP) is 0.896. The summed E-state index contributed by atoms with van der Waals surface area (Å²) in [5, 5.41) is 3.92. The van der Waals surface area contributed by atoms with Gasteiger partial charge in [-0.3, -0.25) is 4.79 Å². The molecule has 10 nitrogen and oxygen atoms in total. The Bertz CT molecular complexity index is 984. The van der Waals surface area contributed by atoms with Crippen LogP contribution in [0.2, 0.25) is 0 Å². The molecule has 0 bridgehead atoms. The lowest BCUT2D eigenvalue weighted by molar-refractivity contribution is -0.127. The van der Waals surface area contributed by atoms with Gasteiger partial charge in [-0.25, -0.2) is 8.42 Å². The van der Waals surface area contributed by atoms with Crippen LogP contribution in [0.25, 0.3) is 0 Å². The molecule has 0 saturated carbocycles. The van der Waals surface area contributed by atoms with Gasteiger partial charge in [-0.2, -0.15) is 9.29 Å². The Hall–Kier alpha value is -2.66. The highest BCUT2D eigenvalue weighted by molar-refractivity contribution is 7.89. The number of benzene rings is 1. The van der Waals surface area contributed by atoms with Crippen LogP contribution in [0, 0.1) is 0 Å². The van der Waals surface area contributed by atoms with Gasteiger partial charge >= 0.3 is 0 Å². The van der Waals surface area contributed by atoms with Gasteiger partial charge in [-0.1, -0.05) is 5.16 Å². The molecule has 158 valence electrons. The van der Waals surface area contributed by atoms with Crippen molar-refractivity contribution in [2.24, 2.45) is 0 Å². The second kappa shape index (κ2) is 8.37. The summed E-state index contributed by atoms with van der Waals surface area (Å²) in [6, 6.07) is 4.64. The van der Waals surface area contributed by atoms with Gasteiger partial charge in [-0.05, 0) is 12.1 Å². The van der Waals surface area contributed by atoms with E-state index in [0.717, 1.165) is 0 Å². The van der Waals surface area contributed by atoms with Gasteiger partial charge in [0.2, 0.25) is 21.8 Å². The third-order valence-electron chi connectivity index (χ3n) is 4.88. The lowest BCUT2D eigenvalue weighted by atomic mass is 10.0. The Balaban J connectivity index is 1.66. The standard InChI is InChI=1S/C18H24N4O6S/c1-12(23)21(2)8-7-17-19-18(28-20-17)13-10-22(11-13)29(24,25)16-9-14(26-3)5-6-15(16)27-4/h5-6,9,13H,7-8,10-11H2,1-4H3. The first-order chi connectivity index (χ1) is 13.8. The Labute approximate surface area is 169 Å². The molecular weight excluding hydrogens is 400 g/mol. The summed E-state index contributed by atoms with van der Waals surface area (Å²) in [5.41, 5.74) is 0. The van der Waals surface area contributed by atoms with E-state index in [2.05, 4.69) is 10.1 Å². The first-order valence-electron chi connectivity index (χ1n) is 9.02. The summed E-state index contributed by atoms with van der Waals surface area (Å²) in [4.78, 5) is 17.2. The molecule has 0 aliphatic carbocycles. The molecule has 1 aliphatic heterocycles. The van der Waals surface area contributed by atoms with Crippen molar-refractivity contribution in [1.29, 1.82) is 0 Å². The molecule has 1 aromatic heterocycles. The summed E-state index contributed by atoms with van der Waals surface area (Å²) in [6.07, 6.45) is 0.468. The van der Waals surface area contributed by atoms with E-state index >= 15 is 0 Å². The first kappa shape index (κ1) is 21.1. The van der Waals surface area contributed by atoms with Crippen LogP contribution in [0.5, 0.6) is 11.5 Å². The number of rotatable bonds is 8. The predicted molar refractivity (Wildman–Crippen MR) is 102 cm³/mol. The summed E-state index contributed by atoms with van der Waals surface area (Å²) < 4.78 is 42.9. The molecule has 1 fully saturated rings. The Kier molecular flexibility index (Phi) is 6.08. The number of sulfonamides is 1. The monoisotopic (exact) mass is 424 g/mol. The molecule has 1 saturated heterocycles. The van der Waals surface area contributed by atoms with Gasteiger partial charge in [0, 0.05) is 46.1 Å². The van der Waals surface area contributed by atoms with E-state index in [0.29, 0.717) is 30.4 Å². The maximum Gasteiger partial charge on any atom is 0.246 e. The number of hydrogen-bond acceptors (Lipinski definition) is 8. The molecule has 0 radical (unpaired) electrons. The zero-order valence-corrected chi connectivity index (χ0v) is 17.6. The van der Waals surface area contributed by atoms with Gasteiger partial charge in [-0.15, -0.1) is 0 Å². The lowest BCUT2D eigenvalue weighted by Crippen LogP contribution is -2.48. The van der Waals surface area contributed by atoms with Crippen LogP contribution in [-0.2, 0) is 21.2 Å².